The summed E-state index contributed by atoms with van der Waals surface area (Å²) in [5, 5.41) is 2.91. The number of nitrogens with one attached hydrogen (secondary N) is 1. The maximum Gasteiger partial charge on any atom is 0.220 e. The molecule has 1 aliphatic heterocycles. The van der Waals surface area contributed by atoms with E-state index in [1.807, 2.05) is 0 Å². The molecule has 1 heterocycles. The highest BCUT2D eigenvalue weighted by molar-refractivity contribution is 5.80. The molecule has 1 N–H and O–H groups in total. The Bertz CT molecular complexity index is 382. The molecule has 2 heteroatoms. The summed E-state index contributed by atoms with van der Waals surface area (Å²) >= 11 is 0. The van der Waals surface area contributed by atoms with Gasteiger partial charge in [-0.15, -0.1) is 0 Å². The van der Waals surface area contributed by atoms with E-state index in [1.165, 1.54) is 17.5 Å². The average molecular weight is 217 g/mol. The van der Waals surface area contributed by atoms with E-state index in [4.69, 9.17) is 0 Å². The van der Waals surface area contributed by atoms with Gasteiger partial charge in [-0.05, 0) is 17.5 Å². The zero-order valence-electron chi connectivity index (χ0n) is 10.0. The molecule has 1 aromatic rings. The summed E-state index contributed by atoms with van der Waals surface area (Å²) in [4.78, 5) is 11.3. The van der Waals surface area contributed by atoms with Crippen LogP contribution in [0.3, 0.4) is 0 Å². The number of benzene rings is 1. The van der Waals surface area contributed by atoms with Crippen LogP contribution in [-0.4, -0.2) is 12.5 Å². The highest BCUT2D eigenvalue weighted by Gasteiger charge is 2.35. The topological polar surface area (TPSA) is 29.1 Å². The van der Waals surface area contributed by atoms with Crippen LogP contribution in [0.1, 0.15) is 37.8 Å². The van der Waals surface area contributed by atoms with Crippen LogP contribution >= 0.6 is 0 Å². The van der Waals surface area contributed by atoms with E-state index >= 15 is 0 Å². The number of rotatable bonds is 3. The number of carbonyl (C=O) groups excluding carboxylic acids is 1. The number of amides is 1. The van der Waals surface area contributed by atoms with Gasteiger partial charge in [0.15, 0.2) is 0 Å². The molecule has 1 aromatic carbocycles. The smallest absolute Gasteiger partial charge is 0.220 e. The molecule has 0 bridgehead atoms. The number of hydrogen-bond acceptors (Lipinski definition) is 1. The van der Waals surface area contributed by atoms with Crippen molar-refractivity contribution in [3.8, 4) is 0 Å². The van der Waals surface area contributed by atoms with Crippen molar-refractivity contribution in [2.45, 2.75) is 38.5 Å². The van der Waals surface area contributed by atoms with Crippen LogP contribution < -0.4 is 5.32 Å². The molecule has 0 spiro atoms. The molecular weight excluding hydrogens is 198 g/mol. The molecule has 1 atom stereocenters. The van der Waals surface area contributed by atoms with Gasteiger partial charge in [-0.2, -0.15) is 0 Å². The SMILES string of the molecule is CCCc1ccc(C2(C)CNC(=O)C2)cc1. The highest BCUT2D eigenvalue weighted by Crippen LogP contribution is 2.30. The van der Waals surface area contributed by atoms with Crippen molar-refractivity contribution in [1.82, 2.24) is 5.32 Å². The summed E-state index contributed by atoms with van der Waals surface area (Å²) in [5.74, 6) is 0.167. The van der Waals surface area contributed by atoms with E-state index < -0.39 is 0 Å². The van der Waals surface area contributed by atoms with Crippen molar-refractivity contribution in [1.29, 1.82) is 0 Å². The molecule has 1 fully saturated rings. The Balaban J connectivity index is 2.18. The Morgan fingerprint density at radius 2 is 2.00 bits per heavy atom. The van der Waals surface area contributed by atoms with Crippen LogP contribution in [0.25, 0.3) is 0 Å². The molecule has 2 nitrogen and oxygen atoms in total. The number of carbonyl (C=O) groups is 1. The van der Waals surface area contributed by atoms with Crippen LogP contribution in [0.2, 0.25) is 0 Å². The van der Waals surface area contributed by atoms with Crippen molar-refractivity contribution in [3.05, 3.63) is 35.4 Å². The van der Waals surface area contributed by atoms with E-state index in [-0.39, 0.29) is 11.3 Å². The fourth-order valence-electron chi connectivity index (χ4n) is 2.34. The summed E-state index contributed by atoms with van der Waals surface area (Å²) < 4.78 is 0. The molecule has 2 rings (SSSR count). The number of hydrogen-bond donors (Lipinski definition) is 1. The molecule has 1 unspecified atom stereocenters. The maximum absolute atomic E-state index is 11.3. The molecule has 0 aromatic heterocycles. The summed E-state index contributed by atoms with van der Waals surface area (Å²) in [5.41, 5.74) is 2.64. The van der Waals surface area contributed by atoms with E-state index in [0.29, 0.717) is 6.42 Å². The standard InChI is InChI=1S/C14H19NO/c1-3-4-11-5-7-12(8-6-11)14(2)9-13(16)15-10-14/h5-8H,3-4,9-10H2,1-2H3,(H,15,16). The Hall–Kier alpha value is -1.31. The molecule has 86 valence electrons. The van der Waals surface area contributed by atoms with Crippen LogP contribution in [0.15, 0.2) is 24.3 Å². The van der Waals surface area contributed by atoms with Crippen molar-refractivity contribution < 1.29 is 4.79 Å². The molecule has 1 saturated heterocycles. The molecule has 16 heavy (non-hydrogen) atoms. The first-order valence-electron chi connectivity index (χ1n) is 6.00. The third-order valence-corrected chi connectivity index (χ3v) is 3.42. The van der Waals surface area contributed by atoms with Gasteiger partial charge < -0.3 is 5.32 Å². The van der Waals surface area contributed by atoms with Crippen LogP contribution in [0, 0.1) is 0 Å². The normalized spacial score (nSPS) is 24.5. The predicted octanol–water partition coefficient (Wildman–Crippen LogP) is 2.42. The van der Waals surface area contributed by atoms with Gasteiger partial charge in [0.25, 0.3) is 0 Å². The average Bonchev–Trinajstić information content (AvgIpc) is 2.61. The third-order valence-electron chi connectivity index (χ3n) is 3.42. The predicted molar refractivity (Wildman–Crippen MR) is 65.4 cm³/mol. The zero-order chi connectivity index (χ0) is 11.6. The molecule has 0 aliphatic carbocycles. The minimum Gasteiger partial charge on any atom is -0.355 e. The Labute approximate surface area is 97.1 Å². The van der Waals surface area contributed by atoms with Crippen LogP contribution in [-0.2, 0) is 16.6 Å². The Morgan fingerprint density at radius 1 is 1.31 bits per heavy atom. The largest absolute Gasteiger partial charge is 0.355 e. The Kier molecular flexibility index (Phi) is 2.99. The number of aryl methyl sites for hydroxylation is 1. The van der Waals surface area contributed by atoms with E-state index in [9.17, 15) is 4.79 Å². The lowest BCUT2D eigenvalue weighted by molar-refractivity contribution is -0.119. The molecule has 0 saturated carbocycles. The second-order valence-electron chi connectivity index (χ2n) is 4.96. The molecule has 1 aliphatic rings. The fourth-order valence-corrected chi connectivity index (χ4v) is 2.34. The van der Waals surface area contributed by atoms with E-state index in [0.717, 1.165) is 13.0 Å². The minimum absolute atomic E-state index is 0.0121. The first kappa shape index (κ1) is 11.2. The van der Waals surface area contributed by atoms with Gasteiger partial charge in [-0.3, -0.25) is 4.79 Å². The lowest BCUT2D eigenvalue weighted by Gasteiger charge is -2.22. The molecule has 0 radical (unpaired) electrons. The van der Waals surface area contributed by atoms with Gasteiger partial charge in [-0.25, -0.2) is 0 Å². The van der Waals surface area contributed by atoms with E-state index in [1.54, 1.807) is 0 Å². The van der Waals surface area contributed by atoms with Crippen molar-refractivity contribution >= 4 is 5.91 Å². The van der Waals surface area contributed by atoms with Crippen molar-refractivity contribution in [3.63, 3.8) is 0 Å². The zero-order valence-corrected chi connectivity index (χ0v) is 10.0. The van der Waals surface area contributed by atoms with Gasteiger partial charge in [0.2, 0.25) is 5.91 Å². The summed E-state index contributed by atoms with van der Waals surface area (Å²) in [6.07, 6.45) is 2.92. The van der Waals surface area contributed by atoms with Gasteiger partial charge in [-0.1, -0.05) is 44.5 Å². The van der Waals surface area contributed by atoms with Gasteiger partial charge in [0, 0.05) is 18.4 Å². The fraction of sp³-hybridized carbons (Fsp3) is 0.500. The van der Waals surface area contributed by atoms with Crippen LogP contribution in [0.4, 0.5) is 0 Å². The third kappa shape index (κ3) is 2.11. The lowest BCUT2D eigenvalue weighted by atomic mass is 9.81. The Morgan fingerprint density at radius 3 is 2.50 bits per heavy atom. The summed E-state index contributed by atoms with van der Waals surface area (Å²) in [6, 6.07) is 8.72. The molecular formula is C14H19NO. The second-order valence-corrected chi connectivity index (χ2v) is 4.96. The lowest BCUT2D eigenvalue weighted by Crippen LogP contribution is -2.24. The summed E-state index contributed by atoms with van der Waals surface area (Å²) in [7, 11) is 0. The van der Waals surface area contributed by atoms with Gasteiger partial charge in [0.1, 0.15) is 0 Å². The van der Waals surface area contributed by atoms with Crippen molar-refractivity contribution in [2.24, 2.45) is 0 Å². The summed E-state index contributed by atoms with van der Waals surface area (Å²) in [6.45, 7) is 5.10. The first-order chi connectivity index (χ1) is 7.64. The van der Waals surface area contributed by atoms with Gasteiger partial charge in [0.05, 0.1) is 0 Å². The quantitative estimate of drug-likeness (QED) is 0.827. The maximum atomic E-state index is 11.3. The van der Waals surface area contributed by atoms with Crippen molar-refractivity contribution in [2.75, 3.05) is 6.54 Å². The first-order valence-corrected chi connectivity index (χ1v) is 6.00. The van der Waals surface area contributed by atoms with Crippen LogP contribution in [0.5, 0.6) is 0 Å². The second kappa shape index (κ2) is 4.28. The monoisotopic (exact) mass is 217 g/mol. The van der Waals surface area contributed by atoms with Gasteiger partial charge >= 0.3 is 0 Å². The van der Waals surface area contributed by atoms with E-state index in [2.05, 4.69) is 43.4 Å². The molecule has 1 amide bonds. The highest BCUT2D eigenvalue weighted by atomic mass is 16.1. The minimum atomic E-state index is -0.0121.